The SMILES string of the molecule is C[N+](O)=Cc1ccccc1N. The van der Waals surface area contributed by atoms with Crippen LogP contribution in [-0.2, 0) is 0 Å². The van der Waals surface area contributed by atoms with E-state index < -0.39 is 0 Å². The molecule has 0 bridgehead atoms. The molecule has 58 valence electrons. The minimum absolute atomic E-state index is 0.661. The molecule has 0 aliphatic rings. The minimum Gasteiger partial charge on any atom is -0.398 e. The number of anilines is 1. The summed E-state index contributed by atoms with van der Waals surface area (Å²) in [5.41, 5.74) is 7.08. The molecule has 0 spiro atoms. The van der Waals surface area contributed by atoms with Gasteiger partial charge in [-0.05, 0) is 16.9 Å². The fourth-order valence-corrected chi connectivity index (χ4v) is 0.830. The first-order valence-corrected chi connectivity index (χ1v) is 3.31. The standard InChI is InChI=1S/C8H10N2O/c1-10(11)6-7-4-2-3-5-8(7)9/h2-6,9,11H,1H3/p+1. The van der Waals surface area contributed by atoms with Crippen molar-refractivity contribution in [2.75, 3.05) is 12.8 Å². The van der Waals surface area contributed by atoms with Gasteiger partial charge in [0.05, 0.1) is 5.56 Å². The Morgan fingerprint density at radius 2 is 2.09 bits per heavy atom. The third-order valence-electron chi connectivity index (χ3n) is 1.32. The van der Waals surface area contributed by atoms with Crippen molar-refractivity contribution >= 4 is 11.9 Å². The summed E-state index contributed by atoms with van der Waals surface area (Å²) in [6, 6.07) is 7.34. The van der Waals surface area contributed by atoms with Gasteiger partial charge < -0.3 is 5.73 Å². The summed E-state index contributed by atoms with van der Waals surface area (Å²) in [5, 5.41) is 8.85. The van der Waals surface area contributed by atoms with Crippen molar-refractivity contribution in [3.05, 3.63) is 29.8 Å². The van der Waals surface area contributed by atoms with Gasteiger partial charge >= 0.3 is 0 Å². The van der Waals surface area contributed by atoms with Crippen LogP contribution in [0.1, 0.15) is 5.56 Å². The molecule has 0 unspecified atom stereocenters. The molecule has 1 aromatic rings. The predicted octanol–water partition coefficient (Wildman–Crippen LogP) is 0.719. The van der Waals surface area contributed by atoms with Crippen molar-refractivity contribution in [3.8, 4) is 0 Å². The molecule has 3 N–H and O–H groups in total. The Balaban J connectivity index is 3.04. The van der Waals surface area contributed by atoms with Gasteiger partial charge in [-0.3, -0.25) is 5.21 Å². The predicted molar refractivity (Wildman–Crippen MR) is 44.0 cm³/mol. The van der Waals surface area contributed by atoms with Gasteiger partial charge in [0.15, 0.2) is 7.05 Å². The second kappa shape index (κ2) is 3.05. The molecule has 0 radical (unpaired) electrons. The lowest BCUT2D eigenvalue weighted by Gasteiger charge is -1.93. The molecular formula is C8H11N2O+. The van der Waals surface area contributed by atoms with Crippen LogP contribution in [0.15, 0.2) is 24.3 Å². The van der Waals surface area contributed by atoms with Crippen molar-refractivity contribution < 1.29 is 9.95 Å². The first kappa shape index (κ1) is 7.60. The summed E-state index contributed by atoms with van der Waals surface area (Å²) in [5.74, 6) is 0. The maximum absolute atomic E-state index is 8.85. The molecule has 0 fully saturated rings. The van der Waals surface area contributed by atoms with Crippen LogP contribution in [0.2, 0.25) is 0 Å². The number of hydrogen-bond donors (Lipinski definition) is 2. The molecular weight excluding hydrogens is 140 g/mol. The van der Waals surface area contributed by atoms with E-state index in [-0.39, 0.29) is 0 Å². The quantitative estimate of drug-likeness (QED) is 0.204. The van der Waals surface area contributed by atoms with E-state index in [9.17, 15) is 0 Å². The molecule has 1 aromatic carbocycles. The summed E-state index contributed by atoms with van der Waals surface area (Å²) < 4.78 is 0.978. The van der Waals surface area contributed by atoms with E-state index in [0.717, 1.165) is 10.3 Å². The van der Waals surface area contributed by atoms with Crippen molar-refractivity contribution in [2.24, 2.45) is 0 Å². The molecule has 0 saturated carbocycles. The van der Waals surface area contributed by atoms with Crippen molar-refractivity contribution in [1.82, 2.24) is 0 Å². The van der Waals surface area contributed by atoms with Crippen LogP contribution in [0.25, 0.3) is 0 Å². The monoisotopic (exact) mass is 151 g/mol. The van der Waals surface area contributed by atoms with Gasteiger partial charge in [-0.2, -0.15) is 0 Å². The fourth-order valence-electron chi connectivity index (χ4n) is 0.830. The molecule has 3 nitrogen and oxygen atoms in total. The Kier molecular flexibility index (Phi) is 2.11. The average Bonchev–Trinajstić information content (AvgIpc) is 1.93. The van der Waals surface area contributed by atoms with Crippen LogP contribution >= 0.6 is 0 Å². The number of nitrogen functional groups attached to an aromatic ring is 1. The Morgan fingerprint density at radius 3 is 2.64 bits per heavy atom. The molecule has 0 saturated heterocycles. The zero-order valence-electron chi connectivity index (χ0n) is 6.36. The highest BCUT2D eigenvalue weighted by Crippen LogP contribution is 2.06. The van der Waals surface area contributed by atoms with Crippen LogP contribution in [0.3, 0.4) is 0 Å². The molecule has 0 aliphatic heterocycles. The Bertz CT molecular complexity index is 277. The lowest BCUT2D eigenvalue weighted by molar-refractivity contribution is -0.750. The van der Waals surface area contributed by atoms with Crippen LogP contribution in [0, 0.1) is 0 Å². The van der Waals surface area contributed by atoms with E-state index >= 15 is 0 Å². The second-order valence-electron chi connectivity index (χ2n) is 2.33. The van der Waals surface area contributed by atoms with Crippen LogP contribution in [0.5, 0.6) is 0 Å². The Hall–Kier alpha value is -1.51. The zero-order valence-corrected chi connectivity index (χ0v) is 6.36. The summed E-state index contributed by atoms with van der Waals surface area (Å²) in [6.45, 7) is 0. The largest absolute Gasteiger partial charge is 0.398 e. The third-order valence-corrected chi connectivity index (χ3v) is 1.32. The lowest BCUT2D eigenvalue weighted by atomic mass is 10.2. The van der Waals surface area contributed by atoms with Crippen LogP contribution in [-0.4, -0.2) is 23.2 Å². The zero-order chi connectivity index (χ0) is 8.27. The average molecular weight is 151 g/mol. The molecule has 11 heavy (non-hydrogen) atoms. The molecule has 0 aliphatic carbocycles. The molecule has 0 atom stereocenters. The van der Waals surface area contributed by atoms with Crippen LogP contribution < -0.4 is 5.73 Å². The molecule has 0 aromatic heterocycles. The van der Waals surface area contributed by atoms with Gasteiger partial charge in [-0.25, -0.2) is 0 Å². The Morgan fingerprint density at radius 1 is 1.45 bits per heavy atom. The summed E-state index contributed by atoms with van der Waals surface area (Å²) >= 11 is 0. The van der Waals surface area contributed by atoms with Gasteiger partial charge in [0.1, 0.15) is 0 Å². The fraction of sp³-hybridized carbons (Fsp3) is 0.125. The highest BCUT2D eigenvalue weighted by molar-refractivity contribution is 5.83. The van der Waals surface area contributed by atoms with E-state index in [2.05, 4.69) is 0 Å². The number of para-hydroxylation sites is 1. The summed E-state index contributed by atoms with van der Waals surface area (Å²) in [4.78, 5) is 0. The number of nitrogens with two attached hydrogens (primary N) is 1. The highest BCUT2D eigenvalue weighted by atomic mass is 16.5. The van der Waals surface area contributed by atoms with Gasteiger partial charge in [0.2, 0.25) is 6.21 Å². The molecule has 3 heteroatoms. The Labute approximate surface area is 65.4 Å². The van der Waals surface area contributed by atoms with E-state index in [1.165, 1.54) is 7.05 Å². The van der Waals surface area contributed by atoms with Gasteiger partial charge in [-0.15, -0.1) is 0 Å². The summed E-state index contributed by atoms with van der Waals surface area (Å²) in [7, 11) is 1.53. The molecule has 0 heterocycles. The maximum atomic E-state index is 8.85. The maximum Gasteiger partial charge on any atom is 0.224 e. The van der Waals surface area contributed by atoms with Crippen molar-refractivity contribution in [1.29, 1.82) is 0 Å². The number of hydroxylamine groups is 1. The van der Waals surface area contributed by atoms with Crippen molar-refractivity contribution in [3.63, 3.8) is 0 Å². The number of benzene rings is 1. The van der Waals surface area contributed by atoms with Crippen LogP contribution in [0.4, 0.5) is 5.69 Å². The van der Waals surface area contributed by atoms with Gasteiger partial charge in [0.25, 0.3) is 0 Å². The van der Waals surface area contributed by atoms with E-state index in [1.807, 2.05) is 18.2 Å². The highest BCUT2D eigenvalue weighted by Gasteiger charge is 1.97. The molecule has 0 amide bonds. The molecule has 1 rings (SSSR count). The first-order chi connectivity index (χ1) is 5.20. The normalized spacial score (nSPS) is 11.5. The number of rotatable bonds is 1. The second-order valence-corrected chi connectivity index (χ2v) is 2.33. The lowest BCUT2D eigenvalue weighted by Crippen LogP contribution is -2.03. The summed E-state index contributed by atoms with van der Waals surface area (Å²) in [6.07, 6.45) is 1.55. The van der Waals surface area contributed by atoms with Crippen molar-refractivity contribution in [2.45, 2.75) is 0 Å². The van der Waals surface area contributed by atoms with E-state index in [4.69, 9.17) is 10.9 Å². The van der Waals surface area contributed by atoms with E-state index in [1.54, 1.807) is 12.3 Å². The minimum atomic E-state index is 0.661. The smallest absolute Gasteiger partial charge is 0.224 e. The number of hydrogen-bond acceptors (Lipinski definition) is 2. The van der Waals surface area contributed by atoms with Gasteiger partial charge in [-0.1, -0.05) is 12.1 Å². The first-order valence-electron chi connectivity index (χ1n) is 3.31. The topological polar surface area (TPSA) is 49.3 Å². The van der Waals surface area contributed by atoms with E-state index in [0.29, 0.717) is 5.69 Å². The van der Waals surface area contributed by atoms with Gasteiger partial charge in [0, 0.05) is 5.69 Å². The third kappa shape index (κ3) is 1.97. The number of nitrogens with zero attached hydrogens (tertiary/aromatic N) is 1.